The van der Waals surface area contributed by atoms with Gasteiger partial charge in [-0.05, 0) is 18.9 Å². The molecule has 1 aromatic heterocycles. The summed E-state index contributed by atoms with van der Waals surface area (Å²) >= 11 is 0. The fourth-order valence-electron chi connectivity index (χ4n) is 2.24. The van der Waals surface area contributed by atoms with E-state index in [1.54, 1.807) is 10.9 Å². The normalized spacial score (nSPS) is 12.0. The van der Waals surface area contributed by atoms with E-state index in [1.165, 1.54) is 0 Å². The number of nitrogens with zero attached hydrogens (tertiary/aromatic N) is 2. The van der Waals surface area contributed by atoms with Crippen LogP contribution in [0.2, 0.25) is 0 Å². The highest BCUT2D eigenvalue weighted by Gasteiger charge is 2.14. The van der Waals surface area contributed by atoms with E-state index >= 15 is 0 Å². The Kier molecular flexibility index (Phi) is 5.55. The smallest absolute Gasteiger partial charge is 0.315 e. The van der Waals surface area contributed by atoms with Crippen molar-refractivity contribution in [1.29, 1.82) is 0 Å². The third-order valence-electron chi connectivity index (χ3n) is 3.70. The van der Waals surface area contributed by atoms with E-state index in [-0.39, 0.29) is 18.7 Å². The molecule has 3 N–H and O–H groups in total. The Bertz CT molecular complexity index is 610. The molecule has 2 rings (SSSR count). The molecule has 0 unspecified atom stereocenters. The van der Waals surface area contributed by atoms with Crippen molar-refractivity contribution in [3.63, 3.8) is 0 Å². The van der Waals surface area contributed by atoms with Crippen LogP contribution in [0.25, 0.3) is 0 Å². The molecule has 1 aromatic carbocycles. The van der Waals surface area contributed by atoms with Crippen LogP contribution in [0.1, 0.15) is 29.3 Å². The van der Waals surface area contributed by atoms with E-state index in [0.717, 1.165) is 16.8 Å². The van der Waals surface area contributed by atoms with Gasteiger partial charge in [0.1, 0.15) is 0 Å². The summed E-state index contributed by atoms with van der Waals surface area (Å²) in [6, 6.07) is 9.16. The fourth-order valence-corrected chi connectivity index (χ4v) is 2.24. The molecule has 6 nitrogen and oxygen atoms in total. The van der Waals surface area contributed by atoms with Crippen LogP contribution in [-0.4, -0.2) is 27.5 Å². The van der Waals surface area contributed by atoms with Crippen LogP contribution in [-0.2, 0) is 13.6 Å². The molecule has 0 saturated carbocycles. The Hall–Kier alpha value is -2.34. The number of aliphatic hydroxyl groups is 1. The Morgan fingerprint density at radius 3 is 2.68 bits per heavy atom. The van der Waals surface area contributed by atoms with Gasteiger partial charge in [0.2, 0.25) is 0 Å². The molecule has 22 heavy (non-hydrogen) atoms. The molecular formula is C16H22N4O2. The van der Waals surface area contributed by atoms with Gasteiger partial charge in [-0.3, -0.25) is 4.68 Å². The minimum Gasteiger partial charge on any atom is -0.396 e. The largest absolute Gasteiger partial charge is 0.396 e. The maximum absolute atomic E-state index is 12.1. The summed E-state index contributed by atoms with van der Waals surface area (Å²) in [6.45, 7) is 2.40. The summed E-state index contributed by atoms with van der Waals surface area (Å²) in [5, 5.41) is 19.0. The number of benzene rings is 1. The molecule has 0 bridgehead atoms. The van der Waals surface area contributed by atoms with Crippen molar-refractivity contribution in [3.05, 3.63) is 53.3 Å². The topological polar surface area (TPSA) is 79.2 Å². The molecule has 1 atom stereocenters. The number of aryl methyl sites for hydroxylation is 1. The van der Waals surface area contributed by atoms with Crippen molar-refractivity contribution in [2.75, 3.05) is 6.61 Å². The lowest BCUT2D eigenvalue weighted by molar-refractivity contribution is 0.229. The minimum absolute atomic E-state index is 0.0154. The predicted molar refractivity (Wildman–Crippen MR) is 84.2 cm³/mol. The average Bonchev–Trinajstić information content (AvgIpc) is 2.85. The van der Waals surface area contributed by atoms with Gasteiger partial charge in [0.05, 0.1) is 12.2 Å². The van der Waals surface area contributed by atoms with E-state index in [9.17, 15) is 9.90 Å². The average molecular weight is 302 g/mol. The van der Waals surface area contributed by atoms with Gasteiger partial charge in [-0.1, -0.05) is 30.3 Å². The van der Waals surface area contributed by atoms with Gasteiger partial charge in [-0.15, -0.1) is 0 Å². The number of rotatable bonds is 6. The fraction of sp³-hybridized carbons (Fsp3) is 0.375. The lowest BCUT2D eigenvalue weighted by atomic mass is 10.0. The molecule has 0 aliphatic heterocycles. The first-order valence-corrected chi connectivity index (χ1v) is 7.29. The zero-order valence-electron chi connectivity index (χ0n) is 12.9. The number of hydrogen-bond donors (Lipinski definition) is 3. The van der Waals surface area contributed by atoms with Crippen molar-refractivity contribution in [2.24, 2.45) is 7.05 Å². The molecule has 6 heteroatoms. The van der Waals surface area contributed by atoms with E-state index in [1.807, 2.05) is 44.3 Å². The molecule has 0 saturated heterocycles. The Balaban J connectivity index is 1.93. The number of amides is 2. The van der Waals surface area contributed by atoms with Crippen molar-refractivity contribution in [2.45, 2.75) is 25.9 Å². The van der Waals surface area contributed by atoms with Crippen LogP contribution in [0.5, 0.6) is 0 Å². The van der Waals surface area contributed by atoms with E-state index < -0.39 is 0 Å². The van der Waals surface area contributed by atoms with Crippen molar-refractivity contribution < 1.29 is 9.90 Å². The van der Waals surface area contributed by atoms with E-state index in [4.69, 9.17) is 0 Å². The Morgan fingerprint density at radius 1 is 1.36 bits per heavy atom. The maximum Gasteiger partial charge on any atom is 0.315 e. The summed E-state index contributed by atoms with van der Waals surface area (Å²) in [4.78, 5) is 12.1. The van der Waals surface area contributed by atoms with Gasteiger partial charge in [0.15, 0.2) is 0 Å². The second-order valence-electron chi connectivity index (χ2n) is 5.18. The van der Waals surface area contributed by atoms with Crippen molar-refractivity contribution >= 4 is 6.03 Å². The van der Waals surface area contributed by atoms with Crippen molar-refractivity contribution in [3.8, 4) is 0 Å². The second kappa shape index (κ2) is 7.61. The first-order valence-electron chi connectivity index (χ1n) is 7.29. The molecule has 0 fully saturated rings. The molecule has 0 radical (unpaired) electrons. The van der Waals surface area contributed by atoms with Gasteiger partial charge in [0.25, 0.3) is 0 Å². The number of aliphatic hydroxyl groups excluding tert-OH is 1. The predicted octanol–water partition coefficient (Wildman–Crippen LogP) is 1.65. The Morgan fingerprint density at radius 2 is 2.09 bits per heavy atom. The van der Waals surface area contributed by atoms with E-state index in [0.29, 0.717) is 13.0 Å². The van der Waals surface area contributed by atoms with Gasteiger partial charge >= 0.3 is 6.03 Å². The van der Waals surface area contributed by atoms with Crippen molar-refractivity contribution in [1.82, 2.24) is 20.4 Å². The van der Waals surface area contributed by atoms with Crippen LogP contribution in [0.3, 0.4) is 0 Å². The molecule has 118 valence electrons. The van der Waals surface area contributed by atoms with Crippen LogP contribution < -0.4 is 10.6 Å². The highest BCUT2D eigenvalue weighted by molar-refractivity contribution is 5.74. The number of nitrogens with one attached hydrogen (secondary N) is 2. The van der Waals surface area contributed by atoms with Gasteiger partial charge < -0.3 is 15.7 Å². The number of aromatic nitrogens is 2. The number of carbonyl (C=O) groups is 1. The Labute approximate surface area is 130 Å². The number of urea groups is 1. The lowest BCUT2D eigenvalue weighted by Gasteiger charge is -2.18. The summed E-state index contributed by atoms with van der Waals surface area (Å²) in [5.41, 5.74) is 2.98. The number of carbonyl (C=O) groups excluding carboxylic acids is 1. The third-order valence-corrected chi connectivity index (χ3v) is 3.70. The van der Waals surface area contributed by atoms with Gasteiger partial charge in [0, 0.05) is 31.5 Å². The summed E-state index contributed by atoms with van der Waals surface area (Å²) in [7, 11) is 1.87. The monoisotopic (exact) mass is 302 g/mol. The van der Waals surface area contributed by atoms with Gasteiger partial charge in [-0.25, -0.2) is 4.79 Å². The molecule has 2 amide bonds. The third kappa shape index (κ3) is 4.08. The van der Waals surface area contributed by atoms with E-state index in [2.05, 4.69) is 15.7 Å². The summed E-state index contributed by atoms with van der Waals surface area (Å²) in [5.74, 6) is 0. The second-order valence-corrected chi connectivity index (χ2v) is 5.18. The highest BCUT2D eigenvalue weighted by atomic mass is 16.3. The zero-order valence-corrected chi connectivity index (χ0v) is 12.9. The molecule has 2 aromatic rings. The first-order chi connectivity index (χ1) is 10.6. The standard InChI is InChI=1S/C16H22N4O2/c1-12-14(11-18-20(12)2)10-17-16(22)19-15(8-9-21)13-6-4-3-5-7-13/h3-7,11,15,21H,8-10H2,1-2H3,(H2,17,19,22)/t15-/m1/s1. The van der Waals surface area contributed by atoms with Gasteiger partial charge in [-0.2, -0.15) is 5.10 Å². The maximum atomic E-state index is 12.1. The molecule has 0 spiro atoms. The van der Waals surface area contributed by atoms with Crippen LogP contribution in [0.15, 0.2) is 36.5 Å². The zero-order chi connectivity index (χ0) is 15.9. The summed E-state index contributed by atoms with van der Waals surface area (Å²) < 4.78 is 1.77. The lowest BCUT2D eigenvalue weighted by Crippen LogP contribution is -2.38. The van der Waals surface area contributed by atoms with Crippen LogP contribution >= 0.6 is 0 Å². The highest BCUT2D eigenvalue weighted by Crippen LogP contribution is 2.15. The van der Waals surface area contributed by atoms with Crippen LogP contribution in [0, 0.1) is 6.92 Å². The molecule has 0 aliphatic carbocycles. The minimum atomic E-state index is -0.259. The number of hydrogen-bond acceptors (Lipinski definition) is 3. The SMILES string of the molecule is Cc1c(CNC(=O)N[C@H](CCO)c2ccccc2)cnn1C. The molecule has 1 heterocycles. The summed E-state index contributed by atoms with van der Waals surface area (Å²) in [6.07, 6.45) is 2.22. The molecular weight excluding hydrogens is 280 g/mol. The molecule has 0 aliphatic rings. The van der Waals surface area contributed by atoms with Crippen LogP contribution in [0.4, 0.5) is 4.79 Å². The first kappa shape index (κ1) is 16.0. The quantitative estimate of drug-likeness (QED) is 0.759.